The number of carboxylic acids is 1. The summed E-state index contributed by atoms with van der Waals surface area (Å²) in [6.07, 6.45) is 3.60. The zero-order chi connectivity index (χ0) is 17.4. The number of carboxylic acid groups (broad SMARTS) is 1. The van der Waals surface area contributed by atoms with Gasteiger partial charge >= 0.3 is 5.97 Å². The van der Waals surface area contributed by atoms with E-state index in [1.807, 2.05) is 6.07 Å². The van der Waals surface area contributed by atoms with Crippen molar-refractivity contribution >= 4 is 5.97 Å². The maximum Gasteiger partial charge on any atom is 0.303 e. The van der Waals surface area contributed by atoms with E-state index in [0.717, 1.165) is 31.2 Å². The molecule has 5 nitrogen and oxygen atoms in total. The number of hydrogen-bond donors (Lipinski definition) is 1. The van der Waals surface area contributed by atoms with Gasteiger partial charge in [0, 0.05) is 31.0 Å². The summed E-state index contributed by atoms with van der Waals surface area (Å²) in [5.74, 6) is 1.51. The highest BCUT2D eigenvalue weighted by Gasteiger charge is 2.52. The summed E-state index contributed by atoms with van der Waals surface area (Å²) in [7, 11) is 1.72. The van der Waals surface area contributed by atoms with Crippen LogP contribution in [0.25, 0.3) is 0 Å². The predicted molar refractivity (Wildman–Crippen MR) is 96.1 cm³/mol. The number of aliphatic carboxylic acids is 1. The first-order valence-electron chi connectivity index (χ1n) is 9.51. The first kappa shape index (κ1) is 16.9. The molecule has 1 aromatic rings. The highest BCUT2D eigenvalue weighted by molar-refractivity contribution is 5.66. The number of benzene rings is 1. The molecule has 25 heavy (non-hydrogen) atoms. The van der Waals surface area contributed by atoms with Crippen LogP contribution in [0.5, 0.6) is 5.75 Å². The van der Waals surface area contributed by atoms with Crippen molar-refractivity contribution < 1.29 is 14.6 Å². The molecule has 0 unspecified atom stereocenters. The Hall–Kier alpha value is -1.59. The Morgan fingerprint density at radius 2 is 2.08 bits per heavy atom. The number of fused-ring (bicyclic) bond motifs is 2. The van der Waals surface area contributed by atoms with Gasteiger partial charge in [-0.15, -0.1) is 0 Å². The lowest BCUT2D eigenvalue weighted by Gasteiger charge is -2.51. The van der Waals surface area contributed by atoms with Crippen molar-refractivity contribution in [1.29, 1.82) is 0 Å². The van der Waals surface area contributed by atoms with Crippen LogP contribution in [0.15, 0.2) is 24.3 Å². The van der Waals surface area contributed by atoms with E-state index in [-0.39, 0.29) is 6.42 Å². The van der Waals surface area contributed by atoms with Crippen LogP contribution in [-0.2, 0) is 4.79 Å². The second-order valence-electron chi connectivity index (χ2n) is 7.73. The summed E-state index contributed by atoms with van der Waals surface area (Å²) in [4.78, 5) is 16.2. The fourth-order valence-electron chi connectivity index (χ4n) is 5.39. The van der Waals surface area contributed by atoms with Crippen molar-refractivity contribution in [1.82, 2.24) is 9.80 Å². The molecule has 4 heterocycles. The molecule has 5 heteroatoms. The average molecular weight is 344 g/mol. The van der Waals surface area contributed by atoms with Crippen molar-refractivity contribution in [2.24, 2.45) is 5.92 Å². The molecule has 0 saturated carbocycles. The third-order valence-electron chi connectivity index (χ3n) is 6.45. The van der Waals surface area contributed by atoms with Gasteiger partial charge in [-0.2, -0.15) is 0 Å². The van der Waals surface area contributed by atoms with Crippen molar-refractivity contribution in [2.45, 2.75) is 43.7 Å². The van der Waals surface area contributed by atoms with E-state index < -0.39 is 5.97 Å². The van der Waals surface area contributed by atoms with Crippen LogP contribution in [0.4, 0.5) is 0 Å². The maximum absolute atomic E-state index is 10.9. The molecule has 1 aromatic carbocycles. The maximum atomic E-state index is 10.9. The second kappa shape index (κ2) is 6.96. The minimum atomic E-state index is -0.686. The molecule has 4 fully saturated rings. The van der Waals surface area contributed by atoms with Gasteiger partial charge in [0.05, 0.1) is 7.11 Å². The third-order valence-corrected chi connectivity index (χ3v) is 6.45. The molecule has 0 amide bonds. The fraction of sp³-hybridized carbons (Fsp3) is 0.650. The Labute approximate surface area is 149 Å². The van der Waals surface area contributed by atoms with Crippen LogP contribution in [0, 0.1) is 5.92 Å². The van der Waals surface area contributed by atoms with Crippen LogP contribution >= 0.6 is 0 Å². The molecule has 3 atom stereocenters. The molecule has 4 aliphatic heterocycles. The van der Waals surface area contributed by atoms with E-state index in [1.54, 1.807) is 7.11 Å². The van der Waals surface area contributed by atoms with E-state index in [2.05, 4.69) is 28.0 Å². The number of nitrogens with zero attached hydrogens (tertiary/aromatic N) is 2. The summed E-state index contributed by atoms with van der Waals surface area (Å²) in [6.45, 7) is 4.37. The van der Waals surface area contributed by atoms with Crippen LogP contribution in [0.3, 0.4) is 0 Å². The number of carbonyl (C=O) groups is 1. The van der Waals surface area contributed by atoms with Gasteiger partial charge in [-0.25, -0.2) is 0 Å². The van der Waals surface area contributed by atoms with Crippen LogP contribution in [0.2, 0.25) is 0 Å². The topological polar surface area (TPSA) is 53.0 Å². The normalized spacial score (nSPS) is 34.0. The molecular weight excluding hydrogens is 316 g/mol. The molecule has 5 rings (SSSR count). The van der Waals surface area contributed by atoms with E-state index in [0.29, 0.717) is 18.0 Å². The van der Waals surface area contributed by atoms with Gasteiger partial charge in [-0.1, -0.05) is 12.1 Å². The SMILES string of the molecule is COc1cccc([C@H]2CN(CCCC(=O)O)[C@@H]3C4CCN(CC4)[C@H]23)c1. The zero-order valence-corrected chi connectivity index (χ0v) is 14.9. The Balaban J connectivity index is 1.58. The largest absolute Gasteiger partial charge is 0.497 e. The van der Waals surface area contributed by atoms with E-state index in [9.17, 15) is 4.79 Å². The minimum Gasteiger partial charge on any atom is -0.497 e. The van der Waals surface area contributed by atoms with Gasteiger partial charge < -0.3 is 9.84 Å². The van der Waals surface area contributed by atoms with Gasteiger partial charge in [0.15, 0.2) is 0 Å². The Kier molecular flexibility index (Phi) is 4.69. The van der Waals surface area contributed by atoms with E-state index >= 15 is 0 Å². The highest BCUT2D eigenvalue weighted by Crippen LogP contribution is 2.46. The lowest BCUT2D eigenvalue weighted by Crippen LogP contribution is -2.60. The molecule has 0 radical (unpaired) electrons. The molecule has 0 aromatic heterocycles. The predicted octanol–water partition coefficient (Wildman–Crippen LogP) is 2.42. The smallest absolute Gasteiger partial charge is 0.303 e. The van der Waals surface area contributed by atoms with E-state index in [1.165, 1.54) is 31.5 Å². The van der Waals surface area contributed by atoms with Crippen molar-refractivity contribution in [2.75, 3.05) is 33.3 Å². The first-order valence-corrected chi connectivity index (χ1v) is 9.51. The quantitative estimate of drug-likeness (QED) is 0.859. The molecular formula is C20H28N2O3. The second-order valence-corrected chi connectivity index (χ2v) is 7.73. The molecule has 0 spiro atoms. The Morgan fingerprint density at radius 3 is 2.80 bits per heavy atom. The molecule has 4 aliphatic rings. The van der Waals surface area contributed by atoms with Gasteiger partial charge in [0.2, 0.25) is 0 Å². The number of likely N-dealkylation sites (tertiary alicyclic amines) is 1. The number of hydrogen-bond acceptors (Lipinski definition) is 4. The molecule has 136 valence electrons. The summed E-state index contributed by atoms with van der Waals surface area (Å²) < 4.78 is 5.44. The van der Waals surface area contributed by atoms with Gasteiger partial charge in [0.1, 0.15) is 5.75 Å². The minimum absolute atomic E-state index is 0.270. The summed E-state index contributed by atoms with van der Waals surface area (Å²) >= 11 is 0. The standard InChI is InChI=1S/C20H28N2O3/c1-25-16-5-2-4-15(12-16)17-13-22(9-3-6-18(23)24)19-14-7-10-21(11-8-14)20(17)19/h2,4-5,12,14,17,19-20H,3,6-11,13H2,1H3,(H,23,24)/t17-,19-,20-/m1/s1. The monoisotopic (exact) mass is 344 g/mol. The molecule has 4 saturated heterocycles. The zero-order valence-electron chi connectivity index (χ0n) is 14.9. The number of piperidine rings is 3. The molecule has 2 bridgehead atoms. The summed E-state index contributed by atoms with van der Waals surface area (Å²) in [5.41, 5.74) is 1.36. The van der Waals surface area contributed by atoms with Gasteiger partial charge in [-0.3, -0.25) is 14.6 Å². The van der Waals surface area contributed by atoms with Crippen molar-refractivity contribution in [3.63, 3.8) is 0 Å². The molecule has 1 N–H and O–H groups in total. The molecule has 0 aliphatic carbocycles. The average Bonchev–Trinajstić information content (AvgIpc) is 3.04. The summed E-state index contributed by atoms with van der Waals surface area (Å²) in [6, 6.07) is 9.68. The number of ether oxygens (including phenoxy) is 1. The third kappa shape index (κ3) is 3.15. The number of rotatable bonds is 6. The van der Waals surface area contributed by atoms with Crippen LogP contribution < -0.4 is 4.74 Å². The van der Waals surface area contributed by atoms with Crippen molar-refractivity contribution in [3.8, 4) is 5.75 Å². The first-order chi connectivity index (χ1) is 12.2. The summed E-state index contributed by atoms with van der Waals surface area (Å²) in [5, 5.41) is 8.97. The Bertz CT molecular complexity index is 627. The fourth-order valence-corrected chi connectivity index (χ4v) is 5.39. The highest BCUT2D eigenvalue weighted by atomic mass is 16.5. The van der Waals surface area contributed by atoms with Crippen molar-refractivity contribution in [3.05, 3.63) is 29.8 Å². The van der Waals surface area contributed by atoms with Crippen LogP contribution in [-0.4, -0.2) is 66.2 Å². The lowest BCUT2D eigenvalue weighted by atomic mass is 9.75. The van der Waals surface area contributed by atoms with Gasteiger partial charge in [-0.05, 0) is 62.5 Å². The van der Waals surface area contributed by atoms with Crippen LogP contribution in [0.1, 0.15) is 37.2 Å². The van der Waals surface area contributed by atoms with E-state index in [4.69, 9.17) is 9.84 Å². The Morgan fingerprint density at radius 1 is 1.28 bits per heavy atom. The van der Waals surface area contributed by atoms with Gasteiger partial charge in [0.25, 0.3) is 0 Å². The lowest BCUT2D eigenvalue weighted by molar-refractivity contribution is -0.137. The number of methoxy groups -OCH3 is 1.